The molecule has 0 spiro atoms. The normalized spacial score (nSPS) is 16.6. The lowest BCUT2D eigenvalue weighted by atomic mass is 10.3. The van der Waals surface area contributed by atoms with E-state index in [4.69, 9.17) is 12.2 Å². The van der Waals surface area contributed by atoms with Crippen molar-refractivity contribution in [1.29, 1.82) is 0 Å². The van der Waals surface area contributed by atoms with Crippen molar-refractivity contribution in [2.24, 2.45) is 7.05 Å². The molecule has 21 heavy (non-hydrogen) atoms. The monoisotopic (exact) mass is 325 g/mol. The Kier molecular flexibility index (Phi) is 4.39. The molecule has 0 aliphatic carbocycles. The molecule has 1 saturated heterocycles. The number of rotatable bonds is 4. The summed E-state index contributed by atoms with van der Waals surface area (Å²) >= 11 is 7.14. The average molecular weight is 325 g/mol. The fourth-order valence-corrected chi connectivity index (χ4v) is 3.50. The van der Waals surface area contributed by atoms with Gasteiger partial charge < -0.3 is 14.6 Å². The Balaban J connectivity index is 1.62. The van der Waals surface area contributed by atoms with Crippen LogP contribution in [0.4, 0.5) is 5.00 Å². The van der Waals surface area contributed by atoms with Gasteiger partial charge in [0.15, 0.2) is 10.6 Å². The molecule has 0 atom stereocenters. The lowest BCUT2D eigenvalue weighted by Gasteiger charge is -2.34. The summed E-state index contributed by atoms with van der Waals surface area (Å²) in [5, 5.41) is 17.1. The first-order chi connectivity index (χ1) is 10.2. The Hall–Kier alpha value is -1.22. The Morgan fingerprint density at radius 3 is 2.67 bits per heavy atom. The highest BCUT2D eigenvalue weighted by molar-refractivity contribution is 7.71. The number of anilines is 1. The van der Waals surface area contributed by atoms with Crippen LogP contribution in [-0.2, 0) is 20.3 Å². The van der Waals surface area contributed by atoms with Crippen LogP contribution in [0.15, 0.2) is 17.5 Å². The van der Waals surface area contributed by atoms with Crippen LogP contribution < -0.4 is 4.90 Å². The minimum atomic E-state index is -0.0840. The van der Waals surface area contributed by atoms with Crippen molar-refractivity contribution in [3.8, 4) is 0 Å². The Labute approximate surface area is 132 Å². The van der Waals surface area contributed by atoms with Gasteiger partial charge in [-0.1, -0.05) is 0 Å². The molecule has 0 amide bonds. The van der Waals surface area contributed by atoms with Crippen LogP contribution in [0.1, 0.15) is 5.82 Å². The second-order valence-electron chi connectivity index (χ2n) is 5.11. The fourth-order valence-electron chi connectivity index (χ4n) is 2.51. The fraction of sp³-hybridized carbons (Fsp3) is 0.538. The zero-order chi connectivity index (χ0) is 14.8. The summed E-state index contributed by atoms with van der Waals surface area (Å²) < 4.78 is 4.21. The average Bonchev–Trinajstić information content (AvgIpc) is 3.12. The summed E-state index contributed by atoms with van der Waals surface area (Å²) in [7, 11) is 1.84. The molecule has 1 N–H and O–H groups in total. The highest BCUT2D eigenvalue weighted by Crippen LogP contribution is 2.22. The molecule has 0 unspecified atom stereocenters. The van der Waals surface area contributed by atoms with Gasteiger partial charge in [-0.15, -0.1) is 11.3 Å². The van der Waals surface area contributed by atoms with Crippen LogP contribution in [0, 0.1) is 4.77 Å². The van der Waals surface area contributed by atoms with E-state index >= 15 is 0 Å². The van der Waals surface area contributed by atoms with Gasteiger partial charge in [-0.3, -0.25) is 4.90 Å². The van der Waals surface area contributed by atoms with E-state index in [0.717, 1.165) is 26.2 Å². The van der Waals surface area contributed by atoms with Crippen molar-refractivity contribution in [2.45, 2.75) is 13.3 Å². The zero-order valence-corrected chi connectivity index (χ0v) is 13.6. The predicted molar refractivity (Wildman–Crippen MR) is 86.1 cm³/mol. The molecule has 0 aromatic carbocycles. The molecule has 3 rings (SSSR count). The molecular weight excluding hydrogens is 306 g/mol. The van der Waals surface area contributed by atoms with Crippen LogP contribution in [-0.4, -0.2) is 50.5 Å². The van der Waals surface area contributed by atoms with Gasteiger partial charge in [0, 0.05) is 33.2 Å². The number of hydrogen-bond acceptors (Lipinski definition) is 6. The zero-order valence-electron chi connectivity index (χ0n) is 12.0. The quantitative estimate of drug-likeness (QED) is 0.859. The lowest BCUT2D eigenvalue weighted by Crippen LogP contribution is -2.46. The SMILES string of the molecule is Cn1c(CO)nn(CN2CCN(c3cccs3)CC2)c1=S. The van der Waals surface area contributed by atoms with Crippen molar-refractivity contribution in [3.05, 3.63) is 28.1 Å². The van der Waals surface area contributed by atoms with Crippen LogP contribution in [0.2, 0.25) is 0 Å². The molecule has 1 fully saturated rings. The van der Waals surface area contributed by atoms with Gasteiger partial charge in [-0.2, -0.15) is 5.10 Å². The maximum atomic E-state index is 9.24. The molecule has 3 heterocycles. The predicted octanol–water partition coefficient (Wildman–Crippen LogP) is 1.28. The molecule has 0 bridgehead atoms. The minimum absolute atomic E-state index is 0.0840. The molecular formula is C13H19N5OS2. The van der Waals surface area contributed by atoms with E-state index < -0.39 is 0 Å². The van der Waals surface area contributed by atoms with Gasteiger partial charge in [-0.25, -0.2) is 4.68 Å². The summed E-state index contributed by atoms with van der Waals surface area (Å²) in [6.45, 7) is 4.63. The smallest absolute Gasteiger partial charge is 0.198 e. The van der Waals surface area contributed by atoms with Crippen molar-refractivity contribution in [1.82, 2.24) is 19.2 Å². The standard InChI is InChI=1S/C13H19N5OS2/c1-15-11(9-19)14-18(13(15)20)10-16-4-6-17(7-5-16)12-3-2-8-21-12/h2-3,8,19H,4-7,9-10H2,1H3. The molecule has 0 saturated carbocycles. The van der Waals surface area contributed by atoms with Crippen molar-refractivity contribution < 1.29 is 5.11 Å². The Morgan fingerprint density at radius 2 is 2.10 bits per heavy atom. The van der Waals surface area contributed by atoms with Crippen LogP contribution >= 0.6 is 23.6 Å². The topological polar surface area (TPSA) is 49.5 Å². The summed E-state index contributed by atoms with van der Waals surface area (Å²) in [4.78, 5) is 4.76. The summed E-state index contributed by atoms with van der Waals surface area (Å²) in [6.07, 6.45) is 0. The number of nitrogens with zero attached hydrogens (tertiary/aromatic N) is 5. The van der Waals surface area contributed by atoms with Crippen molar-refractivity contribution in [3.63, 3.8) is 0 Å². The van der Waals surface area contributed by atoms with E-state index in [1.807, 2.05) is 7.05 Å². The van der Waals surface area contributed by atoms with E-state index in [0.29, 0.717) is 17.3 Å². The van der Waals surface area contributed by atoms with E-state index in [1.54, 1.807) is 20.6 Å². The first kappa shape index (κ1) is 14.7. The van der Waals surface area contributed by atoms with Crippen molar-refractivity contribution >= 4 is 28.6 Å². The highest BCUT2D eigenvalue weighted by Gasteiger charge is 2.19. The Morgan fingerprint density at radius 1 is 1.33 bits per heavy atom. The number of hydrogen-bond donors (Lipinski definition) is 1. The van der Waals surface area contributed by atoms with E-state index in [2.05, 4.69) is 32.4 Å². The summed E-state index contributed by atoms with van der Waals surface area (Å²) in [6, 6.07) is 4.26. The van der Waals surface area contributed by atoms with Gasteiger partial charge in [0.05, 0.1) is 11.7 Å². The van der Waals surface area contributed by atoms with Crippen LogP contribution in [0.25, 0.3) is 0 Å². The summed E-state index contributed by atoms with van der Waals surface area (Å²) in [5.74, 6) is 0.609. The maximum Gasteiger partial charge on any atom is 0.198 e. The molecule has 2 aromatic rings. The first-order valence-electron chi connectivity index (χ1n) is 6.93. The summed E-state index contributed by atoms with van der Waals surface area (Å²) in [5.41, 5.74) is 0. The number of aliphatic hydroxyl groups excluding tert-OH is 1. The van der Waals surface area contributed by atoms with Crippen LogP contribution in [0.3, 0.4) is 0 Å². The van der Waals surface area contributed by atoms with Gasteiger partial charge in [-0.05, 0) is 29.7 Å². The second-order valence-corrected chi connectivity index (χ2v) is 6.40. The number of piperazine rings is 1. The molecule has 6 nitrogen and oxygen atoms in total. The van der Waals surface area contributed by atoms with Crippen LogP contribution in [0.5, 0.6) is 0 Å². The minimum Gasteiger partial charge on any atom is -0.388 e. The molecule has 1 aliphatic rings. The first-order valence-corrected chi connectivity index (χ1v) is 8.22. The molecule has 8 heteroatoms. The van der Waals surface area contributed by atoms with Gasteiger partial charge in [0.25, 0.3) is 0 Å². The largest absolute Gasteiger partial charge is 0.388 e. The van der Waals surface area contributed by atoms with Crippen molar-refractivity contribution in [2.75, 3.05) is 31.1 Å². The lowest BCUT2D eigenvalue weighted by molar-refractivity contribution is 0.193. The number of aliphatic hydroxyl groups is 1. The maximum absolute atomic E-state index is 9.24. The number of thiophene rings is 1. The third-order valence-corrected chi connectivity index (χ3v) is 5.21. The molecule has 1 aliphatic heterocycles. The van der Waals surface area contributed by atoms with Gasteiger partial charge in [0.1, 0.15) is 6.61 Å². The van der Waals surface area contributed by atoms with Gasteiger partial charge >= 0.3 is 0 Å². The Bertz CT molecular complexity index is 640. The van der Waals surface area contributed by atoms with E-state index in [-0.39, 0.29) is 6.61 Å². The molecule has 0 radical (unpaired) electrons. The van der Waals surface area contributed by atoms with E-state index in [1.165, 1.54) is 5.00 Å². The van der Waals surface area contributed by atoms with E-state index in [9.17, 15) is 5.11 Å². The molecule has 114 valence electrons. The molecule has 2 aromatic heterocycles. The second kappa shape index (κ2) is 6.27. The third kappa shape index (κ3) is 3.03. The van der Waals surface area contributed by atoms with Gasteiger partial charge in [0.2, 0.25) is 0 Å². The highest BCUT2D eigenvalue weighted by atomic mass is 32.1. The third-order valence-electron chi connectivity index (χ3n) is 3.80. The number of aromatic nitrogens is 3.